The van der Waals surface area contributed by atoms with Crippen LogP contribution in [0.4, 0.5) is 5.82 Å². The Morgan fingerprint density at radius 2 is 1.94 bits per heavy atom. The van der Waals surface area contributed by atoms with E-state index >= 15 is 0 Å². The summed E-state index contributed by atoms with van der Waals surface area (Å²) < 4.78 is 7.48. The fourth-order valence-corrected chi connectivity index (χ4v) is 3.37. The van der Waals surface area contributed by atoms with Crippen LogP contribution in [0.5, 0.6) is 0 Å². The Hall–Kier alpha value is -4.01. The summed E-state index contributed by atoms with van der Waals surface area (Å²) in [5, 5.41) is 2.65. The molecule has 31 heavy (non-hydrogen) atoms. The van der Waals surface area contributed by atoms with Gasteiger partial charge in [-0.1, -0.05) is 30.3 Å². The number of rotatable bonds is 6. The SMILES string of the molecule is Cc1cc(C(=O)O[C@@H](C)C(=O)Nc2ncnc3nc[nH]c23)c(C)n1Cc1ccccc1. The third kappa shape index (κ3) is 4.16. The number of fused-ring (bicyclic) bond motifs is 1. The molecule has 0 bridgehead atoms. The topological polar surface area (TPSA) is 115 Å². The lowest BCUT2D eigenvalue weighted by atomic mass is 10.2. The van der Waals surface area contributed by atoms with Crippen LogP contribution in [0, 0.1) is 13.8 Å². The van der Waals surface area contributed by atoms with Crippen molar-refractivity contribution in [2.75, 3.05) is 5.32 Å². The molecule has 2 N–H and O–H groups in total. The van der Waals surface area contributed by atoms with Crippen molar-refractivity contribution in [2.45, 2.75) is 33.4 Å². The fraction of sp³-hybridized carbons (Fsp3) is 0.227. The molecule has 9 heteroatoms. The summed E-state index contributed by atoms with van der Waals surface area (Å²) >= 11 is 0. The van der Waals surface area contributed by atoms with Crippen molar-refractivity contribution in [2.24, 2.45) is 0 Å². The summed E-state index contributed by atoms with van der Waals surface area (Å²) in [5.74, 6) is -0.776. The predicted octanol–water partition coefficient (Wildman–Crippen LogP) is 3.00. The Kier molecular flexibility index (Phi) is 5.48. The first-order valence-electron chi connectivity index (χ1n) is 9.80. The standard InChI is InChI=1S/C22H22N6O3/c1-13-9-17(14(2)28(13)10-16-7-5-4-6-8-16)22(30)31-15(3)21(29)27-20-18-19(24-11-23-18)25-12-26-20/h4-9,11-12,15H,10H2,1-3H3,(H2,23,24,25,26,27,29)/t15-/m0/s1. The van der Waals surface area contributed by atoms with Crippen molar-refractivity contribution in [3.05, 3.63) is 71.6 Å². The number of H-pyrrole nitrogens is 1. The summed E-state index contributed by atoms with van der Waals surface area (Å²) in [5.41, 5.74) is 4.22. The van der Waals surface area contributed by atoms with Crippen LogP contribution in [0.2, 0.25) is 0 Å². The lowest BCUT2D eigenvalue weighted by Crippen LogP contribution is -2.30. The van der Waals surface area contributed by atoms with E-state index < -0.39 is 18.0 Å². The minimum Gasteiger partial charge on any atom is -0.449 e. The number of carbonyl (C=O) groups excluding carboxylic acids is 2. The lowest BCUT2D eigenvalue weighted by molar-refractivity contribution is -0.123. The van der Waals surface area contributed by atoms with Crippen molar-refractivity contribution >= 4 is 28.9 Å². The predicted molar refractivity (Wildman–Crippen MR) is 115 cm³/mol. The molecule has 3 heterocycles. The van der Waals surface area contributed by atoms with Crippen LogP contribution in [-0.2, 0) is 16.1 Å². The van der Waals surface area contributed by atoms with E-state index in [1.165, 1.54) is 19.6 Å². The zero-order chi connectivity index (χ0) is 22.0. The fourth-order valence-electron chi connectivity index (χ4n) is 3.37. The number of hydrogen-bond acceptors (Lipinski definition) is 6. The number of ether oxygens (including phenoxy) is 1. The van der Waals surface area contributed by atoms with Gasteiger partial charge in [0.15, 0.2) is 17.6 Å². The molecule has 0 aliphatic carbocycles. The molecule has 1 atom stereocenters. The maximum atomic E-state index is 12.8. The maximum Gasteiger partial charge on any atom is 0.340 e. The molecule has 9 nitrogen and oxygen atoms in total. The molecule has 4 rings (SSSR count). The van der Waals surface area contributed by atoms with Gasteiger partial charge < -0.3 is 19.6 Å². The van der Waals surface area contributed by atoms with Crippen LogP contribution >= 0.6 is 0 Å². The average molecular weight is 418 g/mol. The highest BCUT2D eigenvalue weighted by Gasteiger charge is 2.23. The molecule has 0 fully saturated rings. The van der Waals surface area contributed by atoms with Crippen LogP contribution in [-0.4, -0.2) is 42.5 Å². The van der Waals surface area contributed by atoms with Gasteiger partial charge in [-0.3, -0.25) is 4.79 Å². The molecule has 0 aliphatic heterocycles. The number of nitrogens with zero attached hydrogens (tertiary/aromatic N) is 4. The first-order chi connectivity index (χ1) is 14.9. The Bertz CT molecular complexity index is 1240. The number of esters is 1. The summed E-state index contributed by atoms with van der Waals surface area (Å²) in [7, 11) is 0. The van der Waals surface area contributed by atoms with E-state index in [1.54, 1.807) is 6.07 Å². The summed E-state index contributed by atoms with van der Waals surface area (Å²) in [6, 6.07) is 11.8. The molecule has 1 aromatic carbocycles. The van der Waals surface area contributed by atoms with Crippen LogP contribution in [0.1, 0.15) is 34.2 Å². The van der Waals surface area contributed by atoms with E-state index in [0.29, 0.717) is 23.3 Å². The Morgan fingerprint density at radius 1 is 1.16 bits per heavy atom. The second kappa shape index (κ2) is 8.39. The number of benzene rings is 1. The van der Waals surface area contributed by atoms with Gasteiger partial charge in [0.2, 0.25) is 0 Å². The van der Waals surface area contributed by atoms with Gasteiger partial charge in [-0.05, 0) is 32.4 Å². The summed E-state index contributed by atoms with van der Waals surface area (Å²) in [6.07, 6.45) is 1.75. The second-order valence-electron chi connectivity index (χ2n) is 7.22. The Labute approximate surface area is 178 Å². The molecule has 3 aromatic heterocycles. The quantitative estimate of drug-likeness (QED) is 0.465. The van der Waals surface area contributed by atoms with Crippen LogP contribution in [0.25, 0.3) is 11.2 Å². The molecule has 4 aromatic rings. The number of nitrogens with one attached hydrogen (secondary N) is 2. The number of hydrogen-bond donors (Lipinski definition) is 2. The van der Waals surface area contributed by atoms with E-state index in [4.69, 9.17) is 4.74 Å². The van der Waals surface area contributed by atoms with Crippen molar-refractivity contribution < 1.29 is 14.3 Å². The number of aryl methyl sites for hydroxylation is 1. The highest BCUT2D eigenvalue weighted by atomic mass is 16.5. The number of imidazole rings is 1. The molecule has 0 saturated heterocycles. The number of aromatic nitrogens is 5. The van der Waals surface area contributed by atoms with E-state index in [9.17, 15) is 9.59 Å². The Morgan fingerprint density at radius 3 is 2.71 bits per heavy atom. The largest absolute Gasteiger partial charge is 0.449 e. The number of amides is 1. The molecule has 1 amide bonds. The molecular formula is C22H22N6O3. The molecular weight excluding hydrogens is 396 g/mol. The molecule has 0 aliphatic rings. The molecule has 158 valence electrons. The van der Waals surface area contributed by atoms with Gasteiger partial charge in [0.05, 0.1) is 11.9 Å². The van der Waals surface area contributed by atoms with Crippen molar-refractivity contribution in [3.63, 3.8) is 0 Å². The van der Waals surface area contributed by atoms with E-state index in [1.807, 2.05) is 48.7 Å². The van der Waals surface area contributed by atoms with E-state index in [0.717, 1.165) is 17.0 Å². The highest BCUT2D eigenvalue weighted by Crippen LogP contribution is 2.19. The Balaban J connectivity index is 1.46. The monoisotopic (exact) mass is 418 g/mol. The highest BCUT2D eigenvalue weighted by molar-refractivity contribution is 6.00. The molecule has 0 saturated carbocycles. The minimum atomic E-state index is -1.02. The normalized spacial score (nSPS) is 12.0. The smallest absolute Gasteiger partial charge is 0.340 e. The maximum absolute atomic E-state index is 12.8. The average Bonchev–Trinajstić information content (AvgIpc) is 3.35. The molecule has 0 spiro atoms. The van der Waals surface area contributed by atoms with Crippen molar-refractivity contribution in [3.8, 4) is 0 Å². The van der Waals surface area contributed by atoms with E-state index in [-0.39, 0.29) is 5.82 Å². The third-order valence-electron chi connectivity index (χ3n) is 5.09. The molecule has 0 radical (unpaired) electrons. The van der Waals surface area contributed by atoms with Gasteiger partial charge in [-0.15, -0.1) is 0 Å². The number of carbonyl (C=O) groups is 2. The lowest BCUT2D eigenvalue weighted by Gasteiger charge is -2.14. The first kappa shape index (κ1) is 20.3. The number of aromatic amines is 1. The van der Waals surface area contributed by atoms with Gasteiger partial charge in [0.25, 0.3) is 5.91 Å². The second-order valence-corrected chi connectivity index (χ2v) is 7.22. The van der Waals surface area contributed by atoms with Gasteiger partial charge in [0, 0.05) is 17.9 Å². The van der Waals surface area contributed by atoms with Crippen LogP contribution < -0.4 is 5.32 Å². The van der Waals surface area contributed by atoms with Gasteiger partial charge in [-0.25, -0.2) is 19.7 Å². The first-order valence-corrected chi connectivity index (χ1v) is 9.80. The zero-order valence-corrected chi connectivity index (χ0v) is 17.4. The van der Waals surface area contributed by atoms with Gasteiger partial charge >= 0.3 is 5.97 Å². The van der Waals surface area contributed by atoms with Gasteiger partial charge in [0.1, 0.15) is 11.8 Å². The van der Waals surface area contributed by atoms with Crippen LogP contribution in [0.15, 0.2) is 49.1 Å². The summed E-state index contributed by atoms with van der Waals surface area (Å²) in [4.78, 5) is 40.3. The van der Waals surface area contributed by atoms with E-state index in [2.05, 4.69) is 25.3 Å². The zero-order valence-electron chi connectivity index (χ0n) is 17.4. The van der Waals surface area contributed by atoms with Crippen molar-refractivity contribution in [1.29, 1.82) is 0 Å². The third-order valence-corrected chi connectivity index (χ3v) is 5.09. The number of anilines is 1. The van der Waals surface area contributed by atoms with Gasteiger partial charge in [-0.2, -0.15) is 0 Å². The molecule has 0 unspecified atom stereocenters. The summed E-state index contributed by atoms with van der Waals surface area (Å²) in [6.45, 7) is 5.97. The van der Waals surface area contributed by atoms with Crippen molar-refractivity contribution in [1.82, 2.24) is 24.5 Å². The minimum absolute atomic E-state index is 0.274. The van der Waals surface area contributed by atoms with Crippen LogP contribution in [0.3, 0.4) is 0 Å².